The summed E-state index contributed by atoms with van der Waals surface area (Å²) in [5, 5.41) is 7.67. The van der Waals surface area contributed by atoms with E-state index in [2.05, 4.69) is 10.4 Å². The number of aromatic nitrogens is 2. The van der Waals surface area contributed by atoms with E-state index >= 15 is 0 Å². The molecular formula is C18H25ClN4O. The number of nitrogens with zero attached hydrogens (tertiary/aromatic N) is 2. The third-order valence-corrected chi connectivity index (χ3v) is 4.57. The minimum Gasteiger partial charge on any atom is -0.352 e. The second-order valence-corrected chi connectivity index (χ2v) is 6.32. The molecule has 1 aliphatic rings. The number of aryl methyl sites for hydroxylation is 1. The Morgan fingerprint density at radius 3 is 2.58 bits per heavy atom. The smallest absolute Gasteiger partial charge is 0.224 e. The van der Waals surface area contributed by atoms with Gasteiger partial charge in [-0.1, -0.05) is 18.2 Å². The molecule has 1 aromatic heterocycles. The summed E-state index contributed by atoms with van der Waals surface area (Å²) in [7, 11) is 0. The van der Waals surface area contributed by atoms with Gasteiger partial charge in [0.25, 0.3) is 0 Å². The summed E-state index contributed by atoms with van der Waals surface area (Å²) < 4.78 is 1.90. The van der Waals surface area contributed by atoms with Crippen LogP contribution in [0.2, 0.25) is 0 Å². The highest BCUT2D eigenvalue weighted by atomic mass is 35.5. The molecule has 0 spiro atoms. The summed E-state index contributed by atoms with van der Waals surface area (Å²) in [4.78, 5) is 12.4. The van der Waals surface area contributed by atoms with Crippen LogP contribution in [0.5, 0.6) is 0 Å². The minimum atomic E-state index is 0. The lowest BCUT2D eigenvalue weighted by Gasteiger charge is -2.16. The predicted octanol–water partition coefficient (Wildman–Crippen LogP) is 2.31. The van der Waals surface area contributed by atoms with Crippen molar-refractivity contribution in [1.29, 1.82) is 0 Å². The number of nitrogens with two attached hydrogens (primary N) is 1. The standard InChI is InChI=1S/C18H24N4O.ClH/c1-12-16(10-18(23)20-17(11-19)14-8-9-14)13(2)22(21-12)15-6-4-3-5-7-15;/h3-7,14,17H,8-11,19H2,1-2H3,(H,20,23);1H. The zero-order valence-corrected chi connectivity index (χ0v) is 15.0. The van der Waals surface area contributed by atoms with Crippen LogP contribution in [0.3, 0.4) is 0 Å². The van der Waals surface area contributed by atoms with Crippen LogP contribution >= 0.6 is 12.4 Å². The summed E-state index contributed by atoms with van der Waals surface area (Å²) in [5.74, 6) is 0.601. The number of carbonyl (C=O) groups excluding carboxylic acids is 1. The Labute approximate surface area is 149 Å². The summed E-state index contributed by atoms with van der Waals surface area (Å²) in [5.41, 5.74) is 9.69. The van der Waals surface area contributed by atoms with Crippen molar-refractivity contribution < 1.29 is 4.79 Å². The van der Waals surface area contributed by atoms with Gasteiger partial charge in [0, 0.05) is 23.8 Å². The van der Waals surface area contributed by atoms with Gasteiger partial charge in [0.05, 0.1) is 17.8 Å². The molecule has 1 saturated carbocycles. The van der Waals surface area contributed by atoms with Crippen molar-refractivity contribution in [3.8, 4) is 5.69 Å². The van der Waals surface area contributed by atoms with Gasteiger partial charge in [-0.2, -0.15) is 5.10 Å². The number of rotatable bonds is 6. The number of benzene rings is 1. The van der Waals surface area contributed by atoms with E-state index in [1.165, 1.54) is 12.8 Å². The van der Waals surface area contributed by atoms with Crippen molar-refractivity contribution in [3.05, 3.63) is 47.3 Å². The number of amides is 1. The largest absolute Gasteiger partial charge is 0.352 e. The molecule has 130 valence electrons. The van der Waals surface area contributed by atoms with Gasteiger partial charge in [-0.05, 0) is 44.7 Å². The molecule has 1 amide bonds. The number of halogens is 1. The molecular weight excluding hydrogens is 324 g/mol. The number of para-hydroxylation sites is 1. The lowest BCUT2D eigenvalue weighted by atomic mass is 10.1. The summed E-state index contributed by atoms with van der Waals surface area (Å²) >= 11 is 0. The van der Waals surface area contributed by atoms with Crippen molar-refractivity contribution in [2.45, 2.75) is 39.2 Å². The van der Waals surface area contributed by atoms with E-state index in [-0.39, 0.29) is 24.4 Å². The van der Waals surface area contributed by atoms with Crippen LogP contribution in [0.1, 0.15) is 29.8 Å². The molecule has 1 aliphatic carbocycles. The van der Waals surface area contributed by atoms with Crippen LogP contribution in [0.25, 0.3) is 5.69 Å². The number of hydrogen-bond acceptors (Lipinski definition) is 3. The summed E-state index contributed by atoms with van der Waals surface area (Å²) in [6.45, 7) is 4.48. The molecule has 3 rings (SSSR count). The minimum absolute atomic E-state index is 0. The third kappa shape index (κ3) is 3.97. The van der Waals surface area contributed by atoms with E-state index in [0.29, 0.717) is 18.9 Å². The fraction of sp³-hybridized carbons (Fsp3) is 0.444. The van der Waals surface area contributed by atoms with Gasteiger partial charge in [0.2, 0.25) is 5.91 Å². The lowest BCUT2D eigenvalue weighted by Crippen LogP contribution is -2.42. The first-order valence-corrected chi connectivity index (χ1v) is 8.20. The molecule has 3 N–H and O–H groups in total. The van der Waals surface area contributed by atoms with Gasteiger partial charge in [-0.25, -0.2) is 4.68 Å². The van der Waals surface area contributed by atoms with E-state index in [4.69, 9.17) is 5.73 Å². The first kappa shape index (κ1) is 18.5. The van der Waals surface area contributed by atoms with E-state index in [1.807, 2.05) is 48.9 Å². The van der Waals surface area contributed by atoms with Gasteiger partial charge >= 0.3 is 0 Å². The van der Waals surface area contributed by atoms with Crippen LogP contribution in [0.15, 0.2) is 30.3 Å². The van der Waals surface area contributed by atoms with Crippen LogP contribution in [0.4, 0.5) is 0 Å². The molecule has 0 saturated heterocycles. The highest BCUT2D eigenvalue weighted by Crippen LogP contribution is 2.32. The molecule has 1 aromatic carbocycles. The molecule has 6 heteroatoms. The maximum Gasteiger partial charge on any atom is 0.224 e. The number of hydrogen-bond donors (Lipinski definition) is 2. The first-order valence-electron chi connectivity index (χ1n) is 8.20. The number of carbonyl (C=O) groups is 1. The Morgan fingerprint density at radius 1 is 1.33 bits per heavy atom. The molecule has 0 aliphatic heterocycles. The maximum absolute atomic E-state index is 12.4. The van der Waals surface area contributed by atoms with Crippen LogP contribution in [-0.4, -0.2) is 28.3 Å². The van der Waals surface area contributed by atoms with E-state index in [1.54, 1.807) is 0 Å². The Kier molecular flexibility index (Phi) is 6.02. The average molecular weight is 349 g/mol. The molecule has 5 nitrogen and oxygen atoms in total. The Bertz CT molecular complexity index is 695. The highest BCUT2D eigenvalue weighted by Gasteiger charge is 2.31. The normalized spacial score (nSPS) is 14.8. The molecule has 1 fully saturated rings. The molecule has 0 bridgehead atoms. The lowest BCUT2D eigenvalue weighted by molar-refractivity contribution is -0.121. The fourth-order valence-electron chi connectivity index (χ4n) is 3.04. The van der Waals surface area contributed by atoms with Gasteiger partial charge in [0.15, 0.2) is 0 Å². The Morgan fingerprint density at radius 2 is 2.00 bits per heavy atom. The number of nitrogens with one attached hydrogen (secondary N) is 1. The molecule has 1 atom stereocenters. The molecule has 1 heterocycles. The van der Waals surface area contributed by atoms with Gasteiger partial charge in [-0.15, -0.1) is 12.4 Å². The zero-order valence-electron chi connectivity index (χ0n) is 14.2. The molecule has 1 unspecified atom stereocenters. The molecule has 0 radical (unpaired) electrons. The maximum atomic E-state index is 12.4. The second-order valence-electron chi connectivity index (χ2n) is 6.32. The highest BCUT2D eigenvalue weighted by molar-refractivity contribution is 5.85. The molecule has 24 heavy (non-hydrogen) atoms. The van der Waals surface area contributed by atoms with E-state index in [9.17, 15) is 4.79 Å². The zero-order chi connectivity index (χ0) is 16.4. The van der Waals surface area contributed by atoms with Crippen molar-refractivity contribution in [2.24, 2.45) is 11.7 Å². The topological polar surface area (TPSA) is 72.9 Å². The Balaban J connectivity index is 0.00000208. The first-order chi connectivity index (χ1) is 11.1. The van der Waals surface area contributed by atoms with Crippen LogP contribution < -0.4 is 11.1 Å². The SMILES string of the molecule is Cc1nn(-c2ccccc2)c(C)c1CC(=O)NC(CN)C1CC1.Cl. The monoisotopic (exact) mass is 348 g/mol. The van der Waals surface area contributed by atoms with Crippen molar-refractivity contribution in [3.63, 3.8) is 0 Å². The van der Waals surface area contributed by atoms with Crippen LogP contribution in [0, 0.1) is 19.8 Å². The predicted molar refractivity (Wildman–Crippen MR) is 97.7 cm³/mol. The summed E-state index contributed by atoms with van der Waals surface area (Å²) in [6.07, 6.45) is 2.70. The molecule has 2 aromatic rings. The quantitative estimate of drug-likeness (QED) is 0.841. The summed E-state index contributed by atoms with van der Waals surface area (Å²) in [6, 6.07) is 10.1. The fourth-order valence-corrected chi connectivity index (χ4v) is 3.04. The van der Waals surface area contributed by atoms with E-state index in [0.717, 1.165) is 22.6 Å². The Hall–Kier alpha value is -1.85. The second kappa shape index (κ2) is 7.81. The van der Waals surface area contributed by atoms with Gasteiger partial charge in [0.1, 0.15) is 0 Å². The third-order valence-electron chi connectivity index (χ3n) is 4.57. The van der Waals surface area contributed by atoms with Crippen molar-refractivity contribution in [1.82, 2.24) is 15.1 Å². The van der Waals surface area contributed by atoms with Crippen molar-refractivity contribution in [2.75, 3.05) is 6.54 Å². The van der Waals surface area contributed by atoms with Crippen LogP contribution in [-0.2, 0) is 11.2 Å². The average Bonchev–Trinajstić information content (AvgIpc) is 3.36. The van der Waals surface area contributed by atoms with Gasteiger partial charge in [-0.3, -0.25) is 4.79 Å². The van der Waals surface area contributed by atoms with Gasteiger partial charge < -0.3 is 11.1 Å². The van der Waals surface area contributed by atoms with Crippen molar-refractivity contribution >= 4 is 18.3 Å². The van der Waals surface area contributed by atoms with E-state index < -0.39 is 0 Å².